The van der Waals surface area contributed by atoms with E-state index in [2.05, 4.69) is 21.7 Å². The van der Waals surface area contributed by atoms with Crippen LogP contribution in [0.4, 0.5) is 10.6 Å². The monoisotopic (exact) mass is 275 g/mol. The molecule has 5 heteroatoms. The zero-order valence-electron chi connectivity index (χ0n) is 12.2. The third kappa shape index (κ3) is 4.26. The van der Waals surface area contributed by atoms with Crippen molar-refractivity contribution in [3.63, 3.8) is 0 Å². The summed E-state index contributed by atoms with van der Waals surface area (Å²) < 4.78 is 5.15. The molecule has 1 amide bonds. The fraction of sp³-hybridized carbons (Fsp3) is 0.467. The summed E-state index contributed by atoms with van der Waals surface area (Å²) in [4.78, 5) is 15.8. The van der Waals surface area contributed by atoms with Crippen molar-refractivity contribution in [3.05, 3.63) is 29.5 Å². The quantitative estimate of drug-likeness (QED) is 0.890. The smallest absolute Gasteiger partial charge is 0.407 e. The highest BCUT2D eigenvalue weighted by molar-refractivity contribution is 5.68. The molecule has 0 aromatic carbocycles. The largest absolute Gasteiger partial charge is 0.444 e. The summed E-state index contributed by atoms with van der Waals surface area (Å²) in [5, 5.41) is 5.90. The molecule has 0 fully saturated rings. The van der Waals surface area contributed by atoms with Crippen molar-refractivity contribution in [3.8, 4) is 0 Å². The molecule has 0 unspecified atom stereocenters. The van der Waals surface area contributed by atoms with Crippen molar-refractivity contribution in [2.75, 3.05) is 18.4 Å². The third-order valence-electron chi connectivity index (χ3n) is 2.75. The van der Waals surface area contributed by atoms with E-state index in [9.17, 15) is 4.79 Å². The van der Waals surface area contributed by atoms with Gasteiger partial charge in [0, 0.05) is 19.3 Å². The van der Waals surface area contributed by atoms with Gasteiger partial charge in [-0.3, -0.25) is 0 Å². The number of hydrogen-bond donors (Lipinski definition) is 2. The highest BCUT2D eigenvalue weighted by atomic mass is 16.6. The van der Waals surface area contributed by atoms with E-state index in [-0.39, 0.29) is 0 Å². The van der Waals surface area contributed by atoms with Crippen LogP contribution in [0.5, 0.6) is 0 Å². The van der Waals surface area contributed by atoms with Crippen LogP contribution >= 0.6 is 0 Å². The second-order valence-corrected chi connectivity index (χ2v) is 5.74. The number of carbonyl (C=O) groups excluding carboxylic acids is 1. The lowest BCUT2D eigenvalue weighted by Gasteiger charge is -2.19. The molecule has 5 nitrogen and oxygen atoms in total. The molecule has 1 aromatic heterocycles. The molecule has 2 rings (SSSR count). The topological polar surface area (TPSA) is 63.2 Å². The molecule has 1 aliphatic heterocycles. The summed E-state index contributed by atoms with van der Waals surface area (Å²) in [6.07, 6.45) is 6.26. The predicted octanol–water partition coefficient (Wildman–Crippen LogP) is 2.59. The Morgan fingerprint density at radius 2 is 2.35 bits per heavy atom. The molecule has 1 aromatic rings. The first-order chi connectivity index (χ1) is 9.44. The molecule has 0 bridgehead atoms. The fourth-order valence-electron chi connectivity index (χ4n) is 1.94. The van der Waals surface area contributed by atoms with E-state index in [1.54, 1.807) is 0 Å². The number of rotatable bonds is 3. The predicted molar refractivity (Wildman–Crippen MR) is 79.7 cm³/mol. The molecule has 2 N–H and O–H groups in total. The number of aromatic nitrogens is 1. The van der Waals surface area contributed by atoms with Gasteiger partial charge in [-0.1, -0.05) is 12.2 Å². The Balaban J connectivity index is 1.81. The lowest BCUT2D eigenvalue weighted by molar-refractivity contribution is 0.0534. The summed E-state index contributed by atoms with van der Waals surface area (Å²) in [5.74, 6) is 0.981. The number of amides is 1. The van der Waals surface area contributed by atoms with Crippen LogP contribution in [0.2, 0.25) is 0 Å². The summed E-state index contributed by atoms with van der Waals surface area (Å²) in [6.45, 7) is 6.91. The number of ether oxygens (including phenoxy) is 1. The Morgan fingerprint density at radius 3 is 3.10 bits per heavy atom. The SMILES string of the molecule is CC(C)(C)OC(=O)NCC=Cc1cnc2c(c1)CCN2. The highest BCUT2D eigenvalue weighted by Crippen LogP contribution is 2.20. The summed E-state index contributed by atoms with van der Waals surface area (Å²) >= 11 is 0. The molecule has 0 saturated carbocycles. The van der Waals surface area contributed by atoms with Gasteiger partial charge in [0.1, 0.15) is 11.4 Å². The first-order valence-corrected chi connectivity index (χ1v) is 6.80. The molecule has 0 radical (unpaired) electrons. The van der Waals surface area contributed by atoms with Gasteiger partial charge in [-0.25, -0.2) is 9.78 Å². The van der Waals surface area contributed by atoms with E-state index >= 15 is 0 Å². The maximum atomic E-state index is 11.4. The zero-order chi connectivity index (χ0) is 14.6. The van der Waals surface area contributed by atoms with E-state index in [1.165, 1.54) is 5.56 Å². The molecule has 0 saturated heterocycles. The number of pyridine rings is 1. The Kier molecular flexibility index (Phi) is 4.27. The van der Waals surface area contributed by atoms with Gasteiger partial charge in [0.15, 0.2) is 0 Å². The first-order valence-electron chi connectivity index (χ1n) is 6.80. The maximum Gasteiger partial charge on any atom is 0.407 e. The normalized spacial score (nSPS) is 13.9. The Bertz CT molecular complexity index is 518. The van der Waals surface area contributed by atoms with Crippen LogP contribution in [0, 0.1) is 0 Å². The van der Waals surface area contributed by atoms with Gasteiger partial charge in [0.2, 0.25) is 0 Å². The molecule has 20 heavy (non-hydrogen) atoms. The van der Waals surface area contributed by atoms with Gasteiger partial charge >= 0.3 is 6.09 Å². The average molecular weight is 275 g/mol. The molecule has 0 atom stereocenters. The van der Waals surface area contributed by atoms with Gasteiger partial charge in [0.05, 0.1) is 0 Å². The zero-order valence-corrected chi connectivity index (χ0v) is 12.2. The van der Waals surface area contributed by atoms with Crippen molar-refractivity contribution in [1.29, 1.82) is 0 Å². The van der Waals surface area contributed by atoms with Crippen LogP contribution in [0.15, 0.2) is 18.3 Å². The van der Waals surface area contributed by atoms with E-state index in [4.69, 9.17) is 4.74 Å². The number of anilines is 1. The van der Waals surface area contributed by atoms with Crippen LogP contribution in [0.3, 0.4) is 0 Å². The lowest BCUT2D eigenvalue weighted by atomic mass is 10.1. The maximum absolute atomic E-state index is 11.4. The third-order valence-corrected chi connectivity index (χ3v) is 2.75. The Morgan fingerprint density at radius 1 is 1.55 bits per heavy atom. The summed E-state index contributed by atoms with van der Waals surface area (Å²) in [6, 6.07) is 2.12. The van der Waals surface area contributed by atoms with Gasteiger partial charge in [0.25, 0.3) is 0 Å². The molecular weight excluding hydrogens is 254 g/mol. The van der Waals surface area contributed by atoms with Crippen LogP contribution < -0.4 is 10.6 Å². The van der Waals surface area contributed by atoms with Gasteiger partial charge in [-0.2, -0.15) is 0 Å². The molecule has 1 aliphatic rings. The van der Waals surface area contributed by atoms with Crippen molar-refractivity contribution >= 4 is 18.0 Å². The first kappa shape index (κ1) is 14.4. The van der Waals surface area contributed by atoms with Crippen LogP contribution in [0.1, 0.15) is 31.9 Å². The average Bonchev–Trinajstić information content (AvgIpc) is 2.79. The number of fused-ring (bicyclic) bond motifs is 1. The fourth-order valence-corrected chi connectivity index (χ4v) is 1.94. The highest BCUT2D eigenvalue weighted by Gasteiger charge is 2.15. The Labute approximate surface area is 119 Å². The number of nitrogens with zero attached hydrogens (tertiary/aromatic N) is 1. The molecular formula is C15H21N3O2. The van der Waals surface area contributed by atoms with Crippen LogP contribution in [-0.2, 0) is 11.2 Å². The van der Waals surface area contributed by atoms with Crippen molar-refractivity contribution < 1.29 is 9.53 Å². The van der Waals surface area contributed by atoms with E-state index in [0.29, 0.717) is 6.54 Å². The molecule has 2 heterocycles. The van der Waals surface area contributed by atoms with E-state index in [0.717, 1.165) is 24.3 Å². The summed E-state index contributed by atoms with van der Waals surface area (Å²) in [5.41, 5.74) is 1.82. The molecule has 108 valence electrons. The standard InChI is InChI=1S/C15H21N3O2/c1-15(2,3)20-14(19)17-7-4-5-11-9-12-6-8-16-13(12)18-10-11/h4-5,9-10H,6-8H2,1-3H3,(H,16,18)(H,17,19). The number of hydrogen-bond acceptors (Lipinski definition) is 4. The number of alkyl carbamates (subject to hydrolysis) is 1. The number of carbonyl (C=O) groups is 1. The van der Waals surface area contributed by atoms with Crippen molar-refractivity contribution in [2.24, 2.45) is 0 Å². The van der Waals surface area contributed by atoms with E-state index in [1.807, 2.05) is 39.1 Å². The van der Waals surface area contributed by atoms with Gasteiger partial charge in [-0.05, 0) is 44.4 Å². The van der Waals surface area contributed by atoms with Crippen LogP contribution in [0.25, 0.3) is 6.08 Å². The minimum atomic E-state index is -0.468. The van der Waals surface area contributed by atoms with E-state index < -0.39 is 11.7 Å². The van der Waals surface area contributed by atoms with Crippen LogP contribution in [-0.4, -0.2) is 29.8 Å². The molecule has 0 aliphatic carbocycles. The van der Waals surface area contributed by atoms with Gasteiger partial charge < -0.3 is 15.4 Å². The van der Waals surface area contributed by atoms with Gasteiger partial charge in [-0.15, -0.1) is 0 Å². The minimum Gasteiger partial charge on any atom is -0.444 e. The minimum absolute atomic E-state index is 0.404. The summed E-state index contributed by atoms with van der Waals surface area (Å²) in [7, 11) is 0. The second-order valence-electron chi connectivity index (χ2n) is 5.74. The van der Waals surface area contributed by atoms with Crippen molar-refractivity contribution in [2.45, 2.75) is 32.8 Å². The lowest BCUT2D eigenvalue weighted by Crippen LogP contribution is -2.32. The Hall–Kier alpha value is -2.04. The number of nitrogens with one attached hydrogen (secondary N) is 2. The second kappa shape index (κ2) is 5.94. The molecule has 0 spiro atoms. The van der Waals surface area contributed by atoms with Crippen molar-refractivity contribution in [1.82, 2.24) is 10.3 Å².